The van der Waals surface area contributed by atoms with Crippen molar-refractivity contribution in [3.05, 3.63) is 21.3 Å². The fourth-order valence-corrected chi connectivity index (χ4v) is 2.61. The van der Waals surface area contributed by atoms with E-state index in [2.05, 4.69) is 26.2 Å². The molecule has 2 unspecified atom stereocenters. The lowest BCUT2D eigenvalue weighted by Gasteiger charge is -2.25. The summed E-state index contributed by atoms with van der Waals surface area (Å²) in [6.07, 6.45) is 0. The molecule has 1 heterocycles. The predicted octanol–water partition coefficient (Wildman–Crippen LogP) is 3.20. The van der Waals surface area contributed by atoms with Crippen molar-refractivity contribution in [2.24, 2.45) is 17.7 Å². The summed E-state index contributed by atoms with van der Waals surface area (Å²) in [5.74, 6) is 6.66. The predicted molar refractivity (Wildman–Crippen MR) is 63.4 cm³/mol. The first-order valence-corrected chi connectivity index (χ1v) is 5.97. The third-order valence-corrected chi connectivity index (χ3v) is 3.97. The van der Waals surface area contributed by atoms with Crippen LogP contribution in [0.3, 0.4) is 0 Å². The number of rotatable bonds is 4. The first kappa shape index (κ1) is 12.0. The molecule has 0 aliphatic heterocycles. The van der Waals surface area contributed by atoms with Gasteiger partial charge in [0.1, 0.15) is 0 Å². The number of hydrogen-bond donors (Lipinski definition) is 2. The molecule has 1 aromatic rings. The largest absolute Gasteiger partial charge is 0.271 e. The van der Waals surface area contributed by atoms with Gasteiger partial charge in [0.25, 0.3) is 0 Å². The Kier molecular flexibility index (Phi) is 4.38. The van der Waals surface area contributed by atoms with Crippen LogP contribution in [0.4, 0.5) is 0 Å². The molecule has 4 heteroatoms. The summed E-state index contributed by atoms with van der Waals surface area (Å²) >= 11 is 7.48. The topological polar surface area (TPSA) is 38.0 Å². The minimum Gasteiger partial charge on any atom is -0.271 e. The Morgan fingerprint density at radius 1 is 1.36 bits per heavy atom. The van der Waals surface area contributed by atoms with Gasteiger partial charge in [0, 0.05) is 4.88 Å². The van der Waals surface area contributed by atoms with Gasteiger partial charge in [-0.1, -0.05) is 32.4 Å². The van der Waals surface area contributed by atoms with Crippen molar-refractivity contribution in [2.45, 2.75) is 26.8 Å². The molecule has 0 aromatic carbocycles. The molecule has 0 saturated heterocycles. The lowest BCUT2D eigenvalue weighted by molar-refractivity contribution is 0.310. The van der Waals surface area contributed by atoms with Crippen LogP contribution >= 0.6 is 22.9 Å². The van der Waals surface area contributed by atoms with E-state index in [1.54, 1.807) is 11.3 Å². The van der Waals surface area contributed by atoms with Gasteiger partial charge in [0.2, 0.25) is 0 Å². The molecule has 3 N–H and O–H groups in total. The molecule has 2 atom stereocenters. The van der Waals surface area contributed by atoms with Gasteiger partial charge in [-0.3, -0.25) is 11.3 Å². The Labute approximate surface area is 94.4 Å². The van der Waals surface area contributed by atoms with Gasteiger partial charge >= 0.3 is 0 Å². The SMILES string of the molecule is CC(C)C(C)C(NN)c1ccc(Cl)s1. The second-order valence-corrected chi connectivity index (χ2v) is 5.64. The van der Waals surface area contributed by atoms with E-state index in [4.69, 9.17) is 17.4 Å². The van der Waals surface area contributed by atoms with Gasteiger partial charge in [0.05, 0.1) is 10.4 Å². The summed E-state index contributed by atoms with van der Waals surface area (Å²) in [5.41, 5.74) is 2.86. The Hall–Kier alpha value is -0.0900. The number of thiophene rings is 1. The van der Waals surface area contributed by atoms with E-state index >= 15 is 0 Å². The monoisotopic (exact) mass is 232 g/mol. The van der Waals surface area contributed by atoms with Gasteiger partial charge in [-0.2, -0.15) is 0 Å². The summed E-state index contributed by atoms with van der Waals surface area (Å²) in [6.45, 7) is 6.59. The maximum absolute atomic E-state index is 5.90. The first-order valence-electron chi connectivity index (χ1n) is 4.77. The molecule has 0 aliphatic rings. The van der Waals surface area contributed by atoms with Crippen molar-refractivity contribution in [2.75, 3.05) is 0 Å². The highest BCUT2D eigenvalue weighted by atomic mass is 35.5. The maximum atomic E-state index is 5.90. The van der Waals surface area contributed by atoms with E-state index in [1.165, 1.54) is 4.88 Å². The van der Waals surface area contributed by atoms with E-state index in [0.717, 1.165) is 4.34 Å². The van der Waals surface area contributed by atoms with Crippen LogP contribution in [0.2, 0.25) is 4.34 Å². The smallest absolute Gasteiger partial charge is 0.0931 e. The average molecular weight is 233 g/mol. The zero-order valence-corrected chi connectivity index (χ0v) is 10.3. The van der Waals surface area contributed by atoms with Crippen LogP contribution in [0, 0.1) is 11.8 Å². The Morgan fingerprint density at radius 3 is 2.36 bits per heavy atom. The molecular formula is C10H17ClN2S. The van der Waals surface area contributed by atoms with Crippen LogP contribution in [0.5, 0.6) is 0 Å². The fraction of sp³-hybridized carbons (Fsp3) is 0.600. The highest BCUT2D eigenvalue weighted by molar-refractivity contribution is 7.16. The van der Waals surface area contributed by atoms with Crippen LogP contribution < -0.4 is 11.3 Å². The Balaban J connectivity index is 2.81. The Morgan fingerprint density at radius 2 is 2.00 bits per heavy atom. The van der Waals surface area contributed by atoms with Crippen LogP contribution in [-0.4, -0.2) is 0 Å². The van der Waals surface area contributed by atoms with Crippen LogP contribution in [0.25, 0.3) is 0 Å². The molecule has 0 aliphatic carbocycles. The second kappa shape index (κ2) is 5.12. The van der Waals surface area contributed by atoms with Crippen LogP contribution in [0.1, 0.15) is 31.7 Å². The van der Waals surface area contributed by atoms with E-state index in [0.29, 0.717) is 11.8 Å². The van der Waals surface area contributed by atoms with E-state index in [1.807, 2.05) is 12.1 Å². The van der Waals surface area contributed by atoms with Gasteiger partial charge < -0.3 is 0 Å². The lowest BCUT2D eigenvalue weighted by Crippen LogP contribution is -2.33. The molecule has 1 aromatic heterocycles. The molecule has 80 valence electrons. The van der Waals surface area contributed by atoms with Crippen molar-refractivity contribution in [3.8, 4) is 0 Å². The van der Waals surface area contributed by atoms with Crippen LogP contribution in [0.15, 0.2) is 12.1 Å². The summed E-state index contributed by atoms with van der Waals surface area (Å²) in [5, 5.41) is 0. The molecule has 2 nitrogen and oxygen atoms in total. The fourth-order valence-electron chi connectivity index (χ4n) is 1.37. The summed E-state index contributed by atoms with van der Waals surface area (Å²) in [7, 11) is 0. The Bertz CT molecular complexity index is 285. The standard InChI is InChI=1S/C10H17ClN2S/c1-6(2)7(3)10(13-12)8-4-5-9(11)14-8/h4-7,10,13H,12H2,1-3H3. The minimum atomic E-state index is 0.201. The van der Waals surface area contributed by atoms with Crippen molar-refractivity contribution >= 4 is 22.9 Å². The second-order valence-electron chi connectivity index (χ2n) is 3.89. The summed E-state index contributed by atoms with van der Waals surface area (Å²) in [6, 6.07) is 4.16. The van der Waals surface area contributed by atoms with Gasteiger partial charge in [-0.15, -0.1) is 11.3 Å². The summed E-state index contributed by atoms with van der Waals surface area (Å²) in [4.78, 5) is 1.21. The number of halogens is 1. The quantitative estimate of drug-likeness (QED) is 0.618. The highest BCUT2D eigenvalue weighted by Gasteiger charge is 2.21. The third kappa shape index (κ3) is 2.70. The van der Waals surface area contributed by atoms with E-state index in [9.17, 15) is 0 Å². The average Bonchev–Trinajstić information content (AvgIpc) is 2.53. The maximum Gasteiger partial charge on any atom is 0.0931 e. The zero-order chi connectivity index (χ0) is 10.7. The van der Waals surface area contributed by atoms with E-state index < -0.39 is 0 Å². The van der Waals surface area contributed by atoms with Crippen molar-refractivity contribution in [3.63, 3.8) is 0 Å². The molecular weight excluding hydrogens is 216 g/mol. The first-order chi connectivity index (χ1) is 6.56. The minimum absolute atomic E-state index is 0.201. The number of nitrogens with one attached hydrogen (secondary N) is 1. The number of hydrazine groups is 1. The molecule has 0 bridgehead atoms. The van der Waals surface area contributed by atoms with Gasteiger partial charge in [-0.25, -0.2) is 0 Å². The van der Waals surface area contributed by atoms with Gasteiger partial charge in [0.15, 0.2) is 0 Å². The zero-order valence-electron chi connectivity index (χ0n) is 8.75. The van der Waals surface area contributed by atoms with Crippen molar-refractivity contribution < 1.29 is 0 Å². The molecule has 0 fully saturated rings. The highest BCUT2D eigenvalue weighted by Crippen LogP contribution is 2.33. The third-order valence-electron chi connectivity index (χ3n) is 2.66. The van der Waals surface area contributed by atoms with Crippen LogP contribution in [-0.2, 0) is 0 Å². The number of hydrogen-bond acceptors (Lipinski definition) is 3. The summed E-state index contributed by atoms with van der Waals surface area (Å²) < 4.78 is 0.816. The number of nitrogens with two attached hydrogens (primary N) is 1. The lowest BCUT2D eigenvalue weighted by atomic mass is 9.90. The van der Waals surface area contributed by atoms with Crippen molar-refractivity contribution in [1.29, 1.82) is 0 Å². The molecule has 0 amide bonds. The molecule has 0 saturated carbocycles. The van der Waals surface area contributed by atoms with Gasteiger partial charge in [-0.05, 0) is 24.0 Å². The molecule has 1 rings (SSSR count). The normalized spacial score (nSPS) is 15.9. The molecule has 0 radical (unpaired) electrons. The molecule has 0 spiro atoms. The van der Waals surface area contributed by atoms with Crippen molar-refractivity contribution in [1.82, 2.24) is 5.43 Å². The molecule has 14 heavy (non-hydrogen) atoms. The van der Waals surface area contributed by atoms with E-state index in [-0.39, 0.29) is 6.04 Å².